The number of carbonyl (C=O) groups is 1. The van der Waals surface area contributed by atoms with Crippen LogP contribution in [-0.4, -0.2) is 64.9 Å². The van der Waals surface area contributed by atoms with E-state index < -0.39 is 0 Å². The minimum Gasteiger partial charge on any atom is -0.447 e. The predicted molar refractivity (Wildman–Crippen MR) is 116 cm³/mol. The first-order valence-corrected chi connectivity index (χ1v) is 10.7. The average Bonchev–Trinajstić information content (AvgIpc) is 3.17. The van der Waals surface area contributed by atoms with Gasteiger partial charge in [-0.05, 0) is 30.5 Å². The Labute approximate surface area is 181 Å². The number of cyclic esters (lactones) is 1. The molecule has 2 atom stereocenters. The molecule has 0 saturated carbocycles. The molecule has 2 fully saturated rings. The number of ether oxygens (including phenoxy) is 1. The highest BCUT2D eigenvalue weighted by Gasteiger charge is 2.37. The summed E-state index contributed by atoms with van der Waals surface area (Å²) in [5.41, 5.74) is 0.974. The topological polar surface area (TPSA) is 105 Å². The van der Waals surface area contributed by atoms with Gasteiger partial charge in [0.1, 0.15) is 12.4 Å². The number of amides is 1. The van der Waals surface area contributed by atoms with Gasteiger partial charge < -0.3 is 20.2 Å². The number of pyridine rings is 1. The van der Waals surface area contributed by atoms with Gasteiger partial charge in [-0.3, -0.25) is 4.90 Å². The smallest absolute Gasteiger partial charge is 0.415 e. The van der Waals surface area contributed by atoms with Gasteiger partial charge in [-0.25, -0.2) is 14.8 Å². The van der Waals surface area contributed by atoms with Gasteiger partial charge in [-0.15, -0.1) is 5.06 Å². The molecule has 166 valence electrons. The molecule has 31 heavy (non-hydrogen) atoms. The fourth-order valence-electron chi connectivity index (χ4n) is 3.59. The number of rotatable bonds is 7. The number of anilines is 2. The van der Waals surface area contributed by atoms with Crippen molar-refractivity contribution in [2.45, 2.75) is 32.9 Å². The van der Waals surface area contributed by atoms with E-state index in [-0.39, 0.29) is 24.1 Å². The first kappa shape index (κ1) is 21.3. The molecule has 2 aliphatic heterocycles. The average molecular weight is 428 g/mol. The Bertz CT molecular complexity index is 887. The number of piperazine rings is 1. The van der Waals surface area contributed by atoms with Gasteiger partial charge in [-0.2, -0.15) is 4.98 Å². The molecule has 0 radical (unpaired) electrons. The zero-order valence-corrected chi connectivity index (χ0v) is 18.1. The van der Waals surface area contributed by atoms with E-state index >= 15 is 0 Å². The number of hydroxylamine groups is 2. The minimum absolute atomic E-state index is 0.0416. The van der Waals surface area contributed by atoms with Crippen molar-refractivity contribution in [2.75, 3.05) is 43.0 Å². The fourth-order valence-corrected chi connectivity index (χ4v) is 3.59. The molecule has 2 aromatic rings. The van der Waals surface area contributed by atoms with E-state index in [9.17, 15) is 4.79 Å². The number of carbonyl (C=O) groups excluding carboxylic acids is 1. The van der Waals surface area contributed by atoms with Crippen LogP contribution >= 0.6 is 0 Å². The zero-order valence-electron chi connectivity index (χ0n) is 18.1. The molecule has 0 spiro atoms. The van der Waals surface area contributed by atoms with Crippen LogP contribution in [0, 0.1) is 5.92 Å². The second-order valence-electron chi connectivity index (χ2n) is 8.06. The molecule has 2 aromatic heterocycles. The van der Waals surface area contributed by atoms with Crippen LogP contribution in [0.2, 0.25) is 0 Å². The van der Waals surface area contributed by atoms with Crippen LogP contribution < -0.4 is 20.4 Å². The predicted octanol–water partition coefficient (Wildman–Crippen LogP) is 2.22. The van der Waals surface area contributed by atoms with Crippen LogP contribution in [0.3, 0.4) is 0 Å². The summed E-state index contributed by atoms with van der Waals surface area (Å²) in [6, 6.07) is 5.43. The lowest BCUT2D eigenvalue weighted by atomic mass is 10.0. The third-order valence-corrected chi connectivity index (χ3v) is 5.47. The first-order valence-electron chi connectivity index (χ1n) is 10.7. The Morgan fingerprint density at radius 1 is 1.19 bits per heavy atom. The van der Waals surface area contributed by atoms with Gasteiger partial charge in [0.15, 0.2) is 0 Å². The Kier molecular flexibility index (Phi) is 6.47. The Balaban J connectivity index is 1.41. The van der Waals surface area contributed by atoms with E-state index in [1.54, 1.807) is 23.4 Å². The van der Waals surface area contributed by atoms with E-state index in [2.05, 4.69) is 39.4 Å². The van der Waals surface area contributed by atoms with Gasteiger partial charge in [0.05, 0.1) is 12.1 Å². The summed E-state index contributed by atoms with van der Waals surface area (Å²) in [7, 11) is 0. The van der Waals surface area contributed by atoms with Crippen molar-refractivity contribution in [1.82, 2.24) is 25.3 Å². The summed E-state index contributed by atoms with van der Waals surface area (Å²) < 4.78 is 5.23. The lowest BCUT2D eigenvalue weighted by molar-refractivity contribution is -0.0703. The minimum atomic E-state index is -0.374. The van der Waals surface area contributed by atoms with Crippen LogP contribution in [-0.2, 0) is 4.74 Å². The molecule has 10 nitrogen and oxygen atoms in total. The monoisotopic (exact) mass is 427 g/mol. The van der Waals surface area contributed by atoms with E-state index in [1.807, 2.05) is 24.1 Å². The van der Waals surface area contributed by atoms with Gasteiger partial charge in [0.25, 0.3) is 0 Å². The van der Waals surface area contributed by atoms with Crippen molar-refractivity contribution in [3.63, 3.8) is 0 Å². The number of hydrogen-bond acceptors (Lipinski definition) is 9. The maximum Gasteiger partial charge on any atom is 0.415 e. The molecular formula is C21H29N7O3. The fraction of sp³-hybridized carbons (Fsp3) is 0.524. The number of nitrogens with zero attached hydrogens (tertiary/aromatic N) is 5. The Morgan fingerprint density at radius 2 is 2.00 bits per heavy atom. The van der Waals surface area contributed by atoms with Gasteiger partial charge in [-0.1, -0.05) is 13.8 Å². The Hall–Kier alpha value is -2.98. The molecule has 2 saturated heterocycles. The number of nitrogens with one attached hydrogen (secondary N) is 2. The van der Waals surface area contributed by atoms with E-state index in [0.29, 0.717) is 24.3 Å². The first-order chi connectivity index (χ1) is 15.0. The second kappa shape index (κ2) is 9.44. The maximum absolute atomic E-state index is 12.2. The third-order valence-electron chi connectivity index (χ3n) is 5.47. The lowest BCUT2D eigenvalue weighted by Crippen LogP contribution is -2.45. The molecule has 4 rings (SSSR count). The van der Waals surface area contributed by atoms with Gasteiger partial charge >= 0.3 is 6.09 Å². The van der Waals surface area contributed by atoms with Crippen LogP contribution in [0.1, 0.15) is 32.4 Å². The molecule has 2 N–H and O–H groups in total. The van der Waals surface area contributed by atoms with Crippen LogP contribution in [0.5, 0.6) is 5.88 Å². The number of aromatic nitrogens is 3. The highest BCUT2D eigenvalue weighted by atomic mass is 16.7. The summed E-state index contributed by atoms with van der Waals surface area (Å²) in [4.78, 5) is 32.9. The summed E-state index contributed by atoms with van der Waals surface area (Å²) in [6.07, 6.45) is 3.05. The molecule has 0 aromatic carbocycles. The van der Waals surface area contributed by atoms with Crippen molar-refractivity contribution >= 4 is 17.9 Å². The van der Waals surface area contributed by atoms with Crippen molar-refractivity contribution in [2.24, 2.45) is 5.92 Å². The largest absolute Gasteiger partial charge is 0.447 e. The zero-order chi connectivity index (χ0) is 21.8. The van der Waals surface area contributed by atoms with Crippen molar-refractivity contribution in [3.05, 3.63) is 36.2 Å². The summed E-state index contributed by atoms with van der Waals surface area (Å²) in [5, 5.41) is 8.48. The van der Waals surface area contributed by atoms with Crippen LogP contribution in [0.15, 0.2) is 30.6 Å². The summed E-state index contributed by atoms with van der Waals surface area (Å²) in [5.74, 6) is 1.80. The van der Waals surface area contributed by atoms with E-state index in [4.69, 9.17) is 9.57 Å². The maximum atomic E-state index is 12.2. The van der Waals surface area contributed by atoms with Gasteiger partial charge in [0, 0.05) is 44.6 Å². The number of hydrogen-bond donors (Lipinski definition) is 2. The van der Waals surface area contributed by atoms with Crippen LogP contribution in [0.4, 0.5) is 16.6 Å². The second-order valence-corrected chi connectivity index (χ2v) is 8.06. The molecule has 10 heteroatoms. The SMILES string of the molecule is CC(Nc1nccc(N2C(=O)OC[C@@H]2C(C)C)n1)c1ccc(ON2CCNCC2)nc1. The van der Waals surface area contributed by atoms with E-state index in [0.717, 1.165) is 31.7 Å². The molecule has 0 aliphatic carbocycles. The highest BCUT2D eigenvalue weighted by molar-refractivity contribution is 5.89. The molecule has 4 heterocycles. The molecule has 1 amide bonds. The quantitative estimate of drug-likeness (QED) is 0.688. The van der Waals surface area contributed by atoms with Crippen LogP contribution in [0.25, 0.3) is 0 Å². The van der Waals surface area contributed by atoms with Crippen molar-refractivity contribution in [1.29, 1.82) is 0 Å². The van der Waals surface area contributed by atoms with Crippen molar-refractivity contribution in [3.8, 4) is 5.88 Å². The Morgan fingerprint density at radius 3 is 2.71 bits per heavy atom. The lowest BCUT2D eigenvalue weighted by Gasteiger charge is -2.26. The highest BCUT2D eigenvalue weighted by Crippen LogP contribution is 2.26. The van der Waals surface area contributed by atoms with Gasteiger partial charge in [0.2, 0.25) is 11.8 Å². The molecule has 0 bridgehead atoms. The summed E-state index contributed by atoms with van der Waals surface area (Å²) in [6.45, 7) is 9.97. The third kappa shape index (κ3) is 5.02. The normalized spacial score (nSPS) is 20.6. The molecule has 2 aliphatic rings. The molecular weight excluding hydrogens is 398 g/mol. The van der Waals surface area contributed by atoms with E-state index in [1.165, 1.54) is 0 Å². The van der Waals surface area contributed by atoms with Crippen molar-refractivity contribution < 1.29 is 14.4 Å². The summed E-state index contributed by atoms with van der Waals surface area (Å²) >= 11 is 0. The standard InChI is InChI=1S/C21H29N7O3/c1-14(2)17-13-30-21(29)28(17)18-6-7-23-20(26-18)25-15(3)16-4-5-19(24-12-16)31-27-10-8-22-9-11-27/h4-7,12,14-15,17,22H,8-11,13H2,1-3H3,(H,23,25,26)/t15?,17-/m1/s1. The molecule has 1 unspecified atom stereocenters.